The molecule has 0 aliphatic rings. The van der Waals surface area contributed by atoms with Crippen LogP contribution < -0.4 is 5.32 Å². The van der Waals surface area contributed by atoms with E-state index in [1.165, 1.54) is 283 Å². The molecule has 0 rings (SSSR count). The Balaban J connectivity index is 3.38. The van der Waals surface area contributed by atoms with Gasteiger partial charge in [-0.3, -0.25) is 9.59 Å². The molecule has 0 bridgehead atoms. The van der Waals surface area contributed by atoms with Crippen molar-refractivity contribution < 1.29 is 24.5 Å². The van der Waals surface area contributed by atoms with E-state index in [1.807, 2.05) is 6.08 Å². The molecular weight excluding hydrogens is 899 g/mol. The third-order valence-corrected chi connectivity index (χ3v) is 15.1. The van der Waals surface area contributed by atoms with Gasteiger partial charge < -0.3 is 20.3 Å². The minimum absolute atomic E-state index is 0.00621. The lowest BCUT2D eigenvalue weighted by molar-refractivity contribution is -0.143. The van der Waals surface area contributed by atoms with Gasteiger partial charge in [0.2, 0.25) is 5.91 Å². The Hall–Kier alpha value is -1.92. The molecule has 0 saturated carbocycles. The monoisotopic (exact) mass is 1030 g/mol. The summed E-state index contributed by atoms with van der Waals surface area (Å²) in [6, 6.07) is -0.626. The lowest BCUT2D eigenvalue weighted by atomic mass is 10.0. The van der Waals surface area contributed by atoms with Crippen molar-refractivity contribution in [2.45, 2.75) is 366 Å². The van der Waals surface area contributed by atoms with Crippen LogP contribution in [0.25, 0.3) is 0 Å². The lowest BCUT2D eigenvalue weighted by Crippen LogP contribution is -2.45. The van der Waals surface area contributed by atoms with Gasteiger partial charge in [0.15, 0.2) is 0 Å². The second kappa shape index (κ2) is 62.6. The molecule has 430 valence electrons. The minimum atomic E-state index is -0.842. The van der Waals surface area contributed by atoms with E-state index in [2.05, 4.69) is 43.5 Å². The summed E-state index contributed by atoms with van der Waals surface area (Å²) < 4.78 is 5.46. The predicted octanol–water partition coefficient (Wildman–Crippen LogP) is 20.8. The highest BCUT2D eigenvalue weighted by molar-refractivity contribution is 5.76. The summed E-state index contributed by atoms with van der Waals surface area (Å²) in [6.07, 6.45) is 79.3. The summed E-state index contributed by atoms with van der Waals surface area (Å²) >= 11 is 0. The van der Waals surface area contributed by atoms with Crippen LogP contribution in [0, 0.1) is 0 Å². The zero-order valence-electron chi connectivity index (χ0n) is 49.1. The number of carbonyl (C=O) groups excluding carboxylic acids is 2. The number of hydrogen-bond acceptors (Lipinski definition) is 5. The summed E-state index contributed by atoms with van der Waals surface area (Å²) in [6.45, 7) is 4.88. The van der Waals surface area contributed by atoms with E-state index in [0.29, 0.717) is 19.4 Å². The molecule has 3 N–H and O–H groups in total. The summed E-state index contributed by atoms with van der Waals surface area (Å²) in [7, 11) is 0. The maximum absolute atomic E-state index is 12.5. The molecule has 2 atom stereocenters. The molecule has 0 aliphatic heterocycles. The Morgan fingerprint density at radius 2 is 0.658 bits per heavy atom. The average Bonchev–Trinajstić information content (AvgIpc) is 3.39. The van der Waals surface area contributed by atoms with Gasteiger partial charge in [0, 0.05) is 12.8 Å². The predicted molar refractivity (Wildman–Crippen MR) is 319 cm³/mol. The van der Waals surface area contributed by atoms with Crippen LogP contribution in [0.2, 0.25) is 0 Å². The Bertz CT molecular complexity index is 1180. The van der Waals surface area contributed by atoms with Gasteiger partial charge in [-0.05, 0) is 77.0 Å². The van der Waals surface area contributed by atoms with Crippen LogP contribution in [-0.4, -0.2) is 47.4 Å². The molecule has 2 unspecified atom stereocenters. The van der Waals surface area contributed by atoms with E-state index in [1.54, 1.807) is 6.08 Å². The number of nitrogens with one attached hydrogen (secondary N) is 1. The van der Waals surface area contributed by atoms with E-state index in [-0.39, 0.29) is 18.5 Å². The molecule has 0 aromatic heterocycles. The van der Waals surface area contributed by atoms with Crippen LogP contribution in [0.3, 0.4) is 0 Å². The van der Waals surface area contributed by atoms with Crippen molar-refractivity contribution in [3.63, 3.8) is 0 Å². The van der Waals surface area contributed by atoms with Crippen LogP contribution in [0.5, 0.6) is 0 Å². The first-order chi connectivity index (χ1) is 36.0. The third-order valence-electron chi connectivity index (χ3n) is 15.1. The van der Waals surface area contributed by atoms with Gasteiger partial charge >= 0.3 is 5.97 Å². The van der Waals surface area contributed by atoms with Gasteiger partial charge in [0.25, 0.3) is 0 Å². The zero-order chi connectivity index (χ0) is 52.9. The number of hydrogen-bond donors (Lipinski definition) is 3. The highest BCUT2D eigenvalue weighted by Crippen LogP contribution is 2.18. The van der Waals surface area contributed by atoms with Crippen molar-refractivity contribution >= 4 is 11.9 Å². The molecule has 0 aromatic rings. The van der Waals surface area contributed by atoms with Crippen molar-refractivity contribution in [1.29, 1.82) is 0 Å². The van der Waals surface area contributed by atoms with E-state index in [0.717, 1.165) is 44.9 Å². The van der Waals surface area contributed by atoms with Gasteiger partial charge in [-0.2, -0.15) is 0 Å². The molecule has 6 heteroatoms. The van der Waals surface area contributed by atoms with Gasteiger partial charge in [-0.25, -0.2) is 0 Å². The number of allylic oxidation sites excluding steroid dienone is 5. The van der Waals surface area contributed by atoms with E-state index in [4.69, 9.17) is 4.74 Å². The van der Waals surface area contributed by atoms with Gasteiger partial charge in [0.05, 0.1) is 25.4 Å². The molecule has 1 amide bonds. The molecule has 0 heterocycles. The molecule has 6 nitrogen and oxygen atoms in total. The van der Waals surface area contributed by atoms with E-state index < -0.39 is 12.1 Å². The first-order valence-corrected chi connectivity index (χ1v) is 32.8. The molecule has 73 heavy (non-hydrogen) atoms. The summed E-state index contributed by atoms with van der Waals surface area (Å²) in [4.78, 5) is 24.5. The number of unbranched alkanes of at least 4 members (excludes halogenated alkanes) is 46. The Morgan fingerprint density at radius 1 is 0.370 bits per heavy atom. The Kier molecular flexibility index (Phi) is 61.0. The number of aliphatic hydroxyl groups is 2. The normalized spacial score (nSPS) is 12.8. The topological polar surface area (TPSA) is 95.9 Å². The molecule has 0 saturated heterocycles. The Morgan fingerprint density at radius 3 is 1.01 bits per heavy atom. The Labute approximate surface area is 455 Å². The highest BCUT2D eigenvalue weighted by Gasteiger charge is 2.18. The van der Waals surface area contributed by atoms with Crippen LogP contribution in [0.15, 0.2) is 36.5 Å². The standard InChI is InChI=1S/C67H127NO5/c1-3-5-7-9-11-13-15-16-36-40-43-47-51-55-59-65(70)64(63-69)68-66(71)60-56-52-48-44-41-37-34-32-30-28-26-24-22-20-18-17-19-21-23-25-27-29-31-33-35-38-42-46-50-54-58-62-73-67(72)61-57-53-49-45-39-14-12-10-8-6-4-2/h10,12,19,21,55,59,64-65,69-70H,3-9,11,13-18,20,22-54,56-58,60-63H2,1-2H3,(H,68,71)/b12-10-,21-19-,59-55+. The van der Waals surface area contributed by atoms with Gasteiger partial charge in [0.1, 0.15) is 0 Å². The number of aliphatic hydroxyl groups excluding tert-OH is 2. The van der Waals surface area contributed by atoms with Crippen LogP contribution in [0.1, 0.15) is 354 Å². The van der Waals surface area contributed by atoms with Crippen molar-refractivity contribution in [3.8, 4) is 0 Å². The quantitative estimate of drug-likeness (QED) is 0.0320. The fourth-order valence-electron chi connectivity index (χ4n) is 10.1. The maximum Gasteiger partial charge on any atom is 0.305 e. The number of carbonyl (C=O) groups is 2. The van der Waals surface area contributed by atoms with Crippen LogP contribution in [0.4, 0.5) is 0 Å². The second-order valence-electron chi connectivity index (χ2n) is 22.4. The number of esters is 1. The smallest absolute Gasteiger partial charge is 0.305 e. The number of amides is 1. The zero-order valence-corrected chi connectivity index (χ0v) is 49.1. The molecule has 0 radical (unpaired) electrons. The fourth-order valence-corrected chi connectivity index (χ4v) is 10.1. The van der Waals surface area contributed by atoms with Crippen LogP contribution in [-0.2, 0) is 14.3 Å². The van der Waals surface area contributed by atoms with Crippen molar-refractivity contribution in [2.24, 2.45) is 0 Å². The van der Waals surface area contributed by atoms with Crippen molar-refractivity contribution in [3.05, 3.63) is 36.5 Å². The van der Waals surface area contributed by atoms with Crippen LogP contribution >= 0.6 is 0 Å². The molecule has 0 spiro atoms. The number of ether oxygens (including phenoxy) is 1. The molecule has 0 fully saturated rings. The highest BCUT2D eigenvalue weighted by atomic mass is 16.5. The molecular formula is C67H127NO5. The lowest BCUT2D eigenvalue weighted by Gasteiger charge is -2.20. The third kappa shape index (κ3) is 59.2. The largest absolute Gasteiger partial charge is 0.466 e. The van der Waals surface area contributed by atoms with Gasteiger partial charge in [-0.15, -0.1) is 0 Å². The van der Waals surface area contributed by atoms with E-state index in [9.17, 15) is 19.8 Å². The fraction of sp³-hybridized carbons (Fsp3) is 0.881. The van der Waals surface area contributed by atoms with Crippen molar-refractivity contribution in [1.82, 2.24) is 5.32 Å². The number of rotatable bonds is 61. The second-order valence-corrected chi connectivity index (χ2v) is 22.4. The maximum atomic E-state index is 12.5. The first kappa shape index (κ1) is 71.1. The minimum Gasteiger partial charge on any atom is -0.466 e. The first-order valence-electron chi connectivity index (χ1n) is 32.8. The molecule has 0 aliphatic carbocycles. The summed E-state index contributed by atoms with van der Waals surface area (Å²) in [5.41, 5.74) is 0. The summed E-state index contributed by atoms with van der Waals surface area (Å²) in [5.74, 6) is -0.0584. The van der Waals surface area contributed by atoms with Gasteiger partial charge in [-0.1, -0.05) is 301 Å². The average molecular weight is 1030 g/mol. The summed E-state index contributed by atoms with van der Waals surface area (Å²) in [5, 5.41) is 23.1. The van der Waals surface area contributed by atoms with E-state index >= 15 is 0 Å². The van der Waals surface area contributed by atoms with Crippen molar-refractivity contribution in [2.75, 3.05) is 13.2 Å². The molecule has 0 aromatic carbocycles. The SMILES string of the molecule is CCCC/C=C\CCCCCCCC(=O)OCCCCCCCCCCCCCC/C=C\CCCCCCCCCCCCCCCCCC(=O)NC(CO)C(O)/C=C/CCCCCCCCCCCCCC.